The lowest BCUT2D eigenvalue weighted by Gasteiger charge is -2.01. The summed E-state index contributed by atoms with van der Waals surface area (Å²) in [7, 11) is 0. The summed E-state index contributed by atoms with van der Waals surface area (Å²) in [5, 5.41) is 10.7. The fourth-order valence-electron chi connectivity index (χ4n) is 2.33. The molecule has 1 aromatic heterocycles. The molecule has 2 aromatic carbocycles. The average Bonchev–Trinajstić information content (AvgIpc) is 2.92. The highest BCUT2D eigenvalue weighted by molar-refractivity contribution is 7.16. The number of carbonyl (C=O) groups is 1. The highest BCUT2D eigenvalue weighted by Crippen LogP contribution is 2.22. The lowest BCUT2D eigenvalue weighted by atomic mass is 10.2. The number of nitro benzene ring substituents is 1. The van der Waals surface area contributed by atoms with E-state index in [-0.39, 0.29) is 32.8 Å². The van der Waals surface area contributed by atoms with E-state index < -0.39 is 22.5 Å². The van der Waals surface area contributed by atoms with Gasteiger partial charge in [0.15, 0.2) is 10.6 Å². The predicted molar refractivity (Wildman–Crippen MR) is 91.6 cm³/mol. The first-order valence-corrected chi connectivity index (χ1v) is 7.97. The number of thiazole rings is 1. The summed E-state index contributed by atoms with van der Waals surface area (Å²) in [4.78, 5) is 26.4. The number of benzene rings is 2. The monoisotopic (exact) mass is 373 g/mol. The van der Waals surface area contributed by atoms with E-state index >= 15 is 0 Å². The minimum Gasteiger partial charge on any atom is -0.302 e. The number of hydrogen-bond acceptors (Lipinski definition) is 4. The molecular formula is C17H9F2N3O3S. The van der Waals surface area contributed by atoms with E-state index in [2.05, 4.69) is 10.9 Å². The second-order valence-electron chi connectivity index (χ2n) is 5.13. The lowest BCUT2D eigenvalue weighted by molar-refractivity contribution is -0.384. The summed E-state index contributed by atoms with van der Waals surface area (Å²) in [6, 6.07) is 6.75. The number of amides is 1. The number of non-ortho nitro benzene ring substituents is 1. The van der Waals surface area contributed by atoms with Gasteiger partial charge in [0, 0.05) is 23.8 Å². The van der Waals surface area contributed by atoms with Crippen molar-refractivity contribution in [3.8, 4) is 12.3 Å². The molecule has 0 saturated carbocycles. The molecule has 9 heteroatoms. The van der Waals surface area contributed by atoms with Crippen molar-refractivity contribution in [2.24, 2.45) is 4.99 Å². The van der Waals surface area contributed by atoms with E-state index in [0.29, 0.717) is 0 Å². The van der Waals surface area contributed by atoms with Gasteiger partial charge in [-0.1, -0.05) is 17.3 Å². The van der Waals surface area contributed by atoms with E-state index in [0.717, 1.165) is 23.5 Å². The van der Waals surface area contributed by atoms with Crippen molar-refractivity contribution in [2.75, 3.05) is 0 Å². The van der Waals surface area contributed by atoms with Crippen LogP contribution in [-0.2, 0) is 6.54 Å². The van der Waals surface area contributed by atoms with Crippen LogP contribution in [-0.4, -0.2) is 15.4 Å². The van der Waals surface area contributed by atoms with Crippen LogP contribution in [0.15, 0.2) is 41.4 Å². The number of carbonyl (C=O) groups excluding carboxylic acids is 1. The fourth-order valence-corrected chi connectivity index (χ4v) is 3.40. The van der Waals surface area contributed by atoms with Crippen molar-refractivity contribution in [2.45, 2.75) is 6.54 Å². The van der Waals surface area contributed by atoms with E-state index in [4.69, 9.17) is 6.42 Å². The highest BCUT2D eigenvalue weighted by atomic mass is 32.1. The largest absolute Gasteiger partial charge is 0.302 e. The molecular weight excluding hydrogens is 364 g/mol. The number of rotatable bonds is 3. The van der Waals surface area contributed by atoms with Gasteiger partial charge in [-0.15, -0.1) is 6.42 Å². The van der Waals surface area contributed by atoms with Gasteiger partial charge in [0.05, 0.1) is 21.7 Å². The third-order valence-electron chi connectivity index (χ3n) is 3.47. The molecule has 6 nitrogen and oxygen atoms in total. The number of fused-ring (bicyclic) bond motifs is 1. The van der Waals surface area contributed by atoms with Crippen LogP contribution in [0.1, 0.15) is 10.4 Å². The number of nitro groups is 1. The van der Waals surface area contributed by atoms with Crippen LogP contribution >= 0.6 is 11.3 Å². The molecule has 3 aromatic rings. The van der Waals surface area contributed by atoms with Gasteiger partial charge in [-0.3, -0.25) is 14.9 Å². The standard InChI is InChI=1S/C17H9F2N3O3S/c1-2-7-21-15-13(19)8-11(18)9-14(15)26-17(21)20-16(23)10-3-5-12(6-4-10)22(24)25/h1,3-6,8-9H,7H2. The summed E-state index contributed by atoms with van der Waals surface area (Å²) in [5.41, 5.74) is 0.0138. The van der Waals surface area contributed by atoms with E-state index in [1.165, 1.54) is 28.8 Å². The molecule has 1 amide bonds. The van der Waals surface area contributed by atoms with E-state index in [9.17, 15) is 23.7 Å². The molecule has 0 fully saturated rings. The molecule has 0 aliphatic carbocycles. The lowest BCUT2D eigenvalue weighted by Crippen LogP contribution is -2.17. The smallest absolute Gasteiger partial charge is 0.279 e. The Morgan fingerprint density at radius 3 is 2.62 bits per heavy atom. The van der Waals surface area contributed by atoms with Crippen molar-refractivity contribution < 1.29 is 18.5 Å². The third-order valence-corrected chi connectivity index (χ3v) is 4.49. The molecule has 0 aliphatic heterocycles. The first-order chi connectivity index (χ1) is 12.4. The number of hydrogen-bond donors (Lipinski definition) is 0. The summed E-state index contributed by atoms with van der Waals surface area (Å²) < 4.78 is 29.1. The van der Waals surface area contributed by atoms with Crippen molar-refractivity contribution in [1.29, 1.82) is 0 Å². The van der Waals surface area contributed by atoms with Gasteiger partial charge in [0.1, 0.15) is 5.82 Å². The quantitative estimate of drug-likeness (QED) is 0.402. The Morgan fingerprint density at radius 2 is 2.00 bits per heavy atom. The van der Waals surface area contributed by atoms with Gasteiger partial charge in [-0.05, 0) is 18.2 Å². The fraction of sp³-hybridized carbons (Fsp3) is 0.0588. The van der Waals surface area contributed by atoms with Crippen LogP contribution in [0, 0.1) is 34.1 Å². The zero-order valence-corrected chi connectivity index (χ0v) is 13.8. The normalized spacial score (nSPS) is 11.5. The van der Waals surface area contributed by atoms with Crippen LogP contribution in [0.4, 0.5) is 14.5 Å². The molecule has 26 heavy (non-hydrogen) atoms. The molecule has 0 bridgehead atoms. The molecule has 0 N–H and O–H groups in total. The van der Waals surface area contributed by atoms with Gasteiger partial charge in [0.2, 0.25) is 0 Å². The first-order valence-electron chi connectivity index (χ1n) is 7.16. The SMILES string of the molecule is C#CCn1c(=NC(=O)c2ccc([N+](=O)[O-])cc2)sc2cc(F)cc(F)c21. The molecule has 130 valence electrons. The minimum atomic E-state index is -0.810. The maximum atomic E-state index is 14.1. The Morgan fingerprint density at radius 1 is 1.31 bits per heavy atom. The highest BCUT2D eigenvalue weighted by Gasteiger charge is 2.14. The second kappa shape index (κ2) is 6.85. The number of aromatic nitrogens is 1. The van der Waals surface area contributed by atoms with Gasteiger partial charge in [-0.25, -0.2) is 8.78 Å². The van der Waals surface area contributed by atoms with E-state index in [1.807, 2.05) is 0 Å². The number of halogens is 2. The molecule has 0 unspecified atom stereocenters. The van der Waals surface area contributed by atoms with Crippen LogP contribution in [0.25, 0.3) is 10.2 Å². The summed E-state index contributed by atoms with van der Waals surface area (Å²) in [5.74, 6) is 0.0961. The Labute approximate surface area is 149 Å². The molecule has 3 rings (SSSR count). The van der Waals surface area contributed by atoms with Crippen LogP contribution in [0.3, 0.4) is 0 Å². The summed E-state index contributed by atoms with van der Waals surface area (Å²) in [6.45, 7) is -0.0606. The van der Waals surface area contributed by atoms with Crippen LogP contribution in [0.2, 0.25) is 0 Å². The summed E-state index contributed by atoms with van der Waals surface area (Å²) in [6.07, 6.45) is 5.29. The molecule has 0 aliphatic rings. The van der Waals surface area contributed by atoms with Gasteiger partial charge in [0.25, 0.3) is 11.6 Å². The Kier molecular flexibility index (Phi) is 4.60. The zero-order valence-electron chi connectivity index (χ0n) is 13.0. The molecule has 0 radical (unpaired) electrons. The van der Waals surface area contributed by atoms with Gasteiger partial charge in [-0.2, -0.15) is 4.99 Å². The van der Waals surface area contributed by atoms with Gasteiger partial charge >= 0.3 is 0 Å². The Balaban J connectivity index is 2.12. The van der Waals surface area contributed by atoms with Crippen molar-refractivity contribution in [3.05, 3.63) is 68.5 Å². The van der Waals surface area contributed by atoms with Crippen molar-refractivity contribution in [3.63, 3.8) is 0 Å². The third kappa shape index (κ3) is 3.22. The van der Waals surface area contributed by atoms with Crippen LogP contribution < -0.4 is 4.80 Å². The van der Waals surface area contributed by atoms with Crippen molar-refractivity contribution in [1.82, 2.24) is 4.57 Å². The second-order valence-corrected chi connectivity index (χ2v) is 6.14. The number of nitrogens with zero attached hydrogens (tertiary/aromatic N) is 3. The van der Waals surface area contributed by atoms with Crippen molar-refractivity contribution >= 4 is 33.1 Å². The maximum absolute atomic E-state index is 14.1. The van der Waals surface area contributed by atoms with E-state index in [1.54, 1.807) is 0 Å². The molecule has 0 saturated heterocycles. The summed E-state index contributed by atoms with van der Waals surface area (Å²) >= 11 is 0.915. The number of terminal acetylenes is 1. The molecule has 0 atom stereocenters. The molecule has 0 spiro atoms. The zero-order chi connectivity index (χ0) is 18.8. The minimum absolute atomic E-state index is 0.0598. The average molecular weight is 373 g/mol. The predicted octanol–water partition coefficient (Wildman–Crippen LogP) is 3.26. The maximum Gasteiger partial charge on any atom is 0.279 e. The Bertz CT molecular complexity index is 1140. The topological polar surface area (TPSA) is 77.5 Å². The van der Waals surface area contributed by atoms with Gasteiger partial charge < -0.3 is 4.57 Å². The van der Waals surface area contributed by atoms with Crippen LogP contribution in [0.5, 0.6) is 0 Å². The molecule has 1 heterocycles. The first kappa shape index (κ1) is 17.4. The Hall–Kier alpha value is -3.38.